The van der Waals surface area contributed by atoms with Crippen LogP contribution >= 0.6 is 15.9 Å². The van der Waals surface area contributed by atoms with Gasteiger partial charge in [0.2, 0.25) is 5.91 Å². The number of para-hydroxylation sites is 2. The first kappa shape index (κ1) is 15.9. The van der Waals surface area contributed by atoms with Gasteiger partial charge < -0.3 is 10.1 Å². The zero-order chi connectivity index (χ0) is 17.4. The molecule has 1 aliphatic rings. The highest BCUT2D eigenvalue weighted by molar-refractivity contribution is 9.10. The number of benzene rings is 3. The number of fused-ring (bicyclic) bond motifs is 2. The number of rotatable bonds is 2. The second-order valence-electron chi connectivity index (χ2n) is 6.06. The van der Waals surface area contributed by atoms with E-state index < -0.39 is 5.92 Å². The van der Waals surface area contributed by atoms with Crippen LogP contribution in [0.15, 0.2) is 71.2 Å². The minimum Gasteiger partial charge on any atom is -0.457 e. The monoisotopic (exact) mass is 393 g/mol. The van der Waals surface area contributed by atoms with Gasteiger partial charge in [0, 0.05) is 21.3 Å². The highest BCUT2D eigenvalue weighted by Gasteiger charge is 2.32. The van der Waals surface area contributed by atoms with Crippen molar-refractivity contribution in [2.45, 2.75) is 12.8 Å². The van der Waals surface area contributed by atoms with Crippen LogP contribution in [0.25, 0.3) is 0 Å². The Labute approximate surface area is 154 Å². The molecule has 4 rings (SSSR count). The summed E-state index contributed by atoms with van der Waals surface area (Å²) < 4.78 is 6.95. The van der Waals surface area contributed by atoms with Crippen LogP contribution in [0.5, 0.6) is 11.5 Å². The molecule has 0 spiro atoms. The molecule has 3 nitrogen and oxygen atoms in total. The largest absolute Gasteiger partial charge is 0.457 e. The first-order chi connectivity index (χ1) is 12.1. The Morgan fingerprint density at radius 1 is 0.960 bits per heavy atom. The number of hydrogen-bond acceptors (Lipinski definition) is 2. The van der Waals surface area contributed by atoms with Gasteiger partial charge in [-0.15, -0.1) is 0 Å². The molecule has 0 fully saturated rings. The molecule has 25 heavy (non-hydrogen) atoms. The molecule has 0 atom stereocenters. The molecule has 4 heteroatoms. The Kier molecular flexibility index (Phi) is 4.06. The van der Waals surface area contributed by atoms with E-state index in [0.29, 0.717) is 0 Å². The van der Waals surface area contributed by atoms with Crippen LogP contribution in [0.3, 0.4) is 0 Å². The van der Waals surface area contributed by atoms with Gasteiger partial charge in [0.15, 0.2) is 0 Å². The van der Waals surface area contributed by atoms with Crippen molar-refractivity contribution in [2.75, 3.05) is 5.32 Å². The zero-order valence-electron chi connectivity index (χ0n) is 13.6. The molecule has 1 amide bonds. The Bertz CT molecular complexity index is 922. The molecule has 0 saturated heterocycles. The number of carbonyl (C=O) groups excluding carboxylic acids is 1. The Hall–Kier alpha value is -2.59. The van der Waals surface area contributed by atoms with E-state index in [2.05, 4.69) is 21.2 Å². The molecule has 3 aromatic rings. The van der Waals surface area contributed by atoms with E-state index in [9.17, 15) is 4.79 Å². The van der Waals surface area contributed by atoms with Gasteiger partial charge in [-0.05, 0) is 42.8 Å². The van der Waals surface area contributed by atoms with Crippen LogP contribution < -0.4 is 10.1 Å². The second-order valence-corrected chi connectivity index (χ2v) is 6.97. The summed E-state index contributed by atoms with van der Waals surface area (Å²) in [6.45, 7) is 1.98. The number of carbonyl (C=O) groups is 1. The first-order valence-corrected chi connectivity index (χ1v) is 8.85. The summed E-state index contributed by atoms with van der Waals surface area (Å²) in [6.07, 6.45) is 0. The Morgan fingerprint density at radius 2 is 1.56 bits per heavy atom. The third-order valence-electron chi connectivity index (χ3n) is 4.39. The zero-order valence-corrected chi connectivity index (χ0v) is 15.2. The fourth-order valence-electron chi connectivity index (χ4n) is 3.16. The van der Waals surface area contributed by atoms with E-state index in [1.807, 2.05) is 73.7 Å². The fourth-order valence-corrected chi connectivity index (χ4v) is 3.64. The summed E-state index contributed by atoms with van der Waals surface area (Å²) in [4.78, 5) is 13.2. The lowest BCUT2D eigenvalue weighted by atomic mass is 9.87. The maximum Gasteiger partial charge on any atom is 0.236 e. The molecular weight excluding hydrogens is 378 g/mol. The number of amides is 1. The van der Waals surface area contributed by atoms with Crippen molar-refractivity contribution < 1.29 is 9.53 Å². The number of halogens is 1. The van der Waals surface area contributed by atoms with Crippen molar-refractivity contribution in [1.29, 1.82) is 0 Å². The fraction of sp³-hybridized carbons (Fsp3) is 0.0952. The molecule has 0 saturated carbocycles. The molecule has 124 valence electrons. The van der Waals surface area contributed by atoms with E-state index in [1.54, 1.807) is 0 Å². The molecule has 1 N–H and O–H groups in total. The summed E-state index contributed by atoms with van der Waals surface area (Å²) >= 11 is 3.45. The minimum atomic E-state index is -0.399. The van der Waals surface area contributed by atoms with Crippen LogP contribution in [0.2, 0.25) is 0 Å². The highest BCUT2D eigenvalue weighted by Crippen LogP contribution is 2.44. The van der Waals surface area contributed by atoms with Crippen molar-refractivity contribution in [3.63, 3.8) is 0 Å². The lowest BCUT2D eigenvalue weighted by Gasteiger charge is -2.27. The number of ether oxygens (including phenoxy) is 1. The number of aryl methyl sites for hydroxylation is 1. The maximum absolute atomic E-state index is 13.2. The summed E-state index contributed by atoms with van der Waals surface area (Å²) in [6, 6.07) is 21.2. The van der Waals surface area contributed by atoms with Crippen LogP contribution in [0, 0.1) is 6.92 Å². The van der Waals surface area contributed by atoms with Crippen LogP contribution in [-0.4, -0.2) is 5.91 Å². The summed E-state index contributed by atoms with van der Waals surface area (Å²) in [5, 5.41) is 3.07. The first-order valence-electron chi connectivity index (χ1n) is 8.06. The molecule has 1 aliphatic heterocycles. The summed E-state index contributed by atoms with van der Waals surface area (Å²) in [7, 11) is 0. The van der Waals surface area contributed by atoms with Gasteiger partial charge in [0.25, 0.3) is 0 Å². The molecular formula is C21H16BrNO2. The van der Waals surface area contributed by atoms with E-state index in [0.717, 1.165) is 38.3 Å². The van der Waals surface area contributed by atoms with Crippen molar-refractivity contribution >= 4 is 27.5 Å². The highest BCUT2D eigenvalue weighted by atomic mass is 79.9. The smallest absolute Gasteiger partial charge is 0.236 e. The van der Waals surface area contributed by atoms with E-state index in [1.165, 1.54) is 0 Å². The van der Waals surface area contributed by atoms with Crippen molar-refractivity contribution in [1.82, 2.24) is 0 Å². The lowest BCUT2D eigenvalue weighted by Crippen LogP contribution is -2.25. The SMILES string of the molecule is Cc1cc(Br)ccc1NC(=O)C1c2ccccc2Oc2ccccc21. The van der Waals surface area contributed by atoms with Crippen molar-refractivity contribution in [3.8, 4) is 11.5 Å². The average Bonchev–Trinajstić information content (AvgIpc) is 2.62. The summed E-state index contributed by atoms with van der Waals surface area (Å²) in [5.74, 6) is 1.00. The number of anilines is 1. The van der Waals surface area contributed by atoms with Gasteiger partial charge >= 0.3 is 0 Å². The van der Waals surface area contributed by atoms with Gasteiger partial charge in [-0.2, -0.15) is 0 Å². The standard InChI is InChI=1S/C21H16BrNO2/c1-13-12-14(22)10-11-17(13)23-21(24)20-15-6-2-4-8-18(15)25-19-9-5-3-7-16(19)20/h2-12,20H,1H3,(H,23,24). The molecule has 0 aliphatic carbocycles. The van der Waals surface area contributed by atoms with Crippen LogP contribution in [0.1, 0.15) is 22.6 Å². The molecule has 0 unspecified atom stereocenters. The predicted molar refractivity (Wildman–Crippen MR) is 102 cm³/mol. The normalized spacial score (nSPS) is 12.7. The second kappa shape index (κ2) is 6.37. The minimum absolute atomic E-state index is 0.0615. The van der Waals surface area contributed by atoms with Crippen LogP contribution in [-0.2, 0) is 4.79 Å². The number of nitrogens with one attached hydrogen (secondary N) is 1. The van der Waals surface area contributed by atoms with Gasteiger partial charge in [-0.25, -0.2) is 0 Å². The van der Waals surface area contributed by atoms with Gasteiger partial charge in [-0.1, -0.05) is 52.3 Å². The van der Waals surface area contributed by atoms with E-state index >= 15 is 0 Å². The molecule has 0 bridgehead atoms. The summed E-state index contributed by atoms with van der Waals surface area (Å²) in [5.41, 5.74) is 3.59. The van der Waals surface area contributed by atoms with E-state index in [4.69, 9.17) is 4.74 Å². The number of hydrogen-bond donors (Lipinski definition) is 1. The maximum atomic E-state index is 13.2. The van der Waals surface area contributed by atoms with Crippen molar-refractivity contribution in [3.05, 3.63) is 87.9 Å². The molecule has 3 aromatic carbocycles. The van der Waals surface area contributed by atoms with Gasteiger partial charge in [0.05, 0.1) is 5.92 Å². The van der Waals surface area contributed by atoms with E-state index in [-0.39, 0.29) is 5.91 Å². The van der Waals surface area contributed by atoms with Gasteiger partial charge in [0.1, 0.15) is 11.5 Å². The Balaban J connectivity index is 1.75. The topological polar surface area (TPSA) is 38.3 Å². The quantitative estimate of drug-likeness (QED) is 0.612. The lowest BCUT2D eigenvalue weighted by molar-refractivity contribution is -0.116. The van der Waals surface area contributed by atoms with Crippen LogP contribution in [0.4, 0.5) is 5.69 Å². The average molecular weight is 394 g/mol. The van der Waals surface area contributed by atoms with Gasteiger partial charge in [-0.3, -0.25) is 4.79 Å². The third-order valence-corrected chi connectivity index (χ3v) is 4.88. The molecule has 0 aromatic heterocycles. The predicted octanol–water partition coefficient (Wildman–Crippen LogP) is 5.63. The molecule has 0 radical (unpaired) electrons. The molecule has 1 heterocycles. The third kappa shape index (κ3) is 2.94. The Morgan fingerprint density at radius 3 is 2.16 bits per heavy atom. The van der Waals surface area contributed by atoms with Crippen molar-refractivity contribution in [2.24, 2.45) is 0 Å².